The van der Waals surface area contributed by atoms with Crippen LogP contribution in [0.5, 0.6) is 0 Å². The van der Waals surface area contributed by atoms with Gasteiger partial charge >= 0.3 is 0 Å². The van der Waals surface area contributed by atoms with Gasteiger partial charge in [-0.3, -0.25) is 9.59 Å². The molecule has 0 aliphatic heterocycles. The molecule has 1 amide bonds. The summed E-state index contributed by atoms with van der Waals surface area (Å²) in [6, 6.07) is 4.97. The summed E-state index contributed by atoms with van der Waals surface area (Å²) < 4.78 is 0. The highest BCUT2D eigenvalue weighted by molar-refractivity contribution is 6.31. The maximum absolute atomic E-state index is 12.7. The van der Waals surface area contributed by atoms with E-state index in [1.54, 1.807) is 12.1 Å². The fraction of sp³-hybridized carbons (Fsp3) is 0.368. The van der Waals surface area contributed by atoms with Crippen molar-refractivity contribution < 1.29 is 4.79 Å². The van der Waals surface area contributed by atoms with Gasteiger partial charge in [0.2, 0.25) is 0 Å². The second kappa shape index (κ2) is 8.27. The van der Waals surface area contributed by atoms with Crippen LogP contribution < -0.4 is 21.0 Å². The second-order valence-electron chi connectivity index (χ2n) is 6.38. The van der Waals surface area contributed by atoms with Gasteiger partial charge in [-0.25, -0.2) is 0 Å². The Morgan fingerprint density at radius 2 is 1.92 bits per heavy atom. The minimum Gasteiger partial charge on any atom is -0.385 e. The third kappa shape index (κ3) is 4.38. The molecule has 2 rings (SSSR count). The molecule has 1 aromatic heterocycles. The minimum absolute atomic E-state index is 0.110. The van der Waals surface area contributed by atoms with E-state index in [-0.39, 0.29) is 17.9 Å². The molecule has 2 aromatic rings. The lowest BCUT2D eigenvalue weighted by Crippen LogP contribution is -2.29. The number of anilines is 2. The van der Waals surface area contributed by atoms with E-state index in [0.717, 1.165) is 23.5 Å². The van der Waals surface area contributed by atoms with E-state index in [1.165, 1.54) is 6.07 Å². The van der Waals surface area contributed by atoms with E-state index < -0.39 is 0 Å². The number of benzene rings is 1. The zero-order valence-electron chi connectivity index (χ0n) is 15.8. The van der Waals surface area contributed by atoms with Crippen molar-refractivity contribution in [3.05, 3.63) is 55.8 Å². The Labute approximate surface area is 158 Å². The van der Waals surface area contributed by atoms with Gasteiger partial charge in [0.05, 0.1) is 12.1 Å². The standard InChI is InChI=1S/C19H25ClN4O2/c1-6-21-16-9-13(20)8-14(12(16)3)19(26)22-10-15-17(25)7-11(2)23-18(15)24(4)5/h7-9,21H,6,10H2,1-5H3,(H,22,26)(H,23,25). The van der Waals surface area contributed by atoms with Crippen molar-refractivity contribution in [3.8, 4) is 0 Å². The number of hydrogen-bond donors (Lipinski definition) is 3. The van der Waals surface area contributed by atoms with Gasteiger partial charge < -0.3 is 20.5 Å². The zero-order chi connectivity index (χ0) is 19.4. The van der Waals surface area contributed by atoms with Crippen LogP contribution in [-0.4, -0.2) is 31.5 Å². The number of H-pyrrole nitrogens is 1. The van der Waals surface area contributed by atoms with Gasteiger partial charge in [-0.2, -0.15) is 0 Å². The van der Waals surface area contributed by atoms with Crippen molar-refractivity contribution in [2.75, 3.05) is 30.9 Å². The molecular weight excluding hydrogens is 352 g/mol. The predicted octanol–water partition coefficient (Wildman–Crippen LogP) is 3.07. The number of carbonyl (C=O) groups is 1. The van der Waals surface area contributed by atoms with Gasteiger partial charge in [0.1, 0.15) is 5.82 Å². The third-order valence-corrected chi connectivity index (χ3v) is 4.32. The summed E-state index contributed by atoms with van der Waals surface area (Å²) in [6.07, 6.45) is 0. The zero-order valence-corrected chi connectivity index (χ0v) is 16.5. The van der Waals surface area contributed by atoms with Gasteiger partial charge in [-0.1, -0.05) is 11.6 Å². The number of nitrogens with one attached hydrogen (secondary N) is 3. The van der Waals surface area contributed by atoms with Crippen molar-refractivity contribution in [2.24, 2.45) is 0 Å². The first kappa shape index (κ1) is 19.8. The fourth-order valence-corrected chi connectivity index (χ4v) is 3.02. The van der Waals surface area contributed by atoms with Crippen LogP contribution in [0.4, 0.5) is 11.5 Å². The number of hydrogen-bond acceptors (Lipinski definition) is 4. The summed E-state index contributed by atoms with van der Waals surface area (Å²) in [4.78, 5) is 30.0. The van der Waals surface area contributed by atoms with Crippen LogP contribution in [0.25, 0.3) is 0 Å². The summed E-state index contributed by atoms with van der Waals surface area (Å²) in [6.45, 7) is 6.53. The van der Waals surface area contributed by atoms with Crippen LogP contribution in [-0.2, 0) is 6.54 Å². The number of pyridine rings is 1. The number of aryl methyl sites for hydroxylation is 1. The molecule has 6 nitrogen and oxygen atoms in total. The van der Waals surface area contributed by atoms with E-state index in [2.05, 4.69) is 15.6 Å². The van der Waals surface area contributed by atoms with Crippen molar-refractivity contribution in [1.82, 2.24) is 10.3 Å². The number of aromatic nitrogens is 1. The number of nitrogens with zero attached hydrogens (tertiary/aromatic N) is 1. The lowest BCUT2D eigenvalue weighted by molar-refractivity contribution is 0.0950. The first-order valence-electron chi connectivity index (χ1n) is 8.47. The maximum Gasteiger partial charge on any atom is 0.251 e. The molecule has 0 saturated heterocycles. The molecule has 140 valence electrons. The lowest BCUT2D eigenvalue weighted by Gasteiger charge is -2.18. The Morgan fingerprint density at radius 3 is 2.54 bits per heavy atom. The van der Waals surface area contributed by atoms with Gasteiger partial charge in [0.25, 0.3) is 5.91 Å². The monoisotopic (exact) mass is 376 g/mol. The van der Waals surface area contributed by atoms with Gasteiger partial charge in [-0.15, -0.1) is 0 Å². The first-order valence-corrected chi connectivity index (χ1v) is 8.84. The quantitative estimate of drug-likeness (QED) is 0.724. The molecule has 7 heteroatoms. The molecule has 0 spiro atoms. The van der Waals surface area contributed by atoms with Crippen LogP contribution in [0, 0.1) is 13.8 Å². The first-order chi connectivity index (χ1) is 12.2. The smallest absolute Gasteiger partial charge is 0.251 e. The normalized spacial score (nSPS) is 10.5. The Bertz CT molecular complexity index is 875. The molecule has 1 heterocycles. The summed E-state index contributed by atoms with van der Waals surface area (Å²) in [5.74, 6) is 0.417. The van der Waals surface area contributed by atoms with E-state index in [1.807, 2.05) is 39.8 Å². The SMILES string of the molecule is CCNc1cc(Cl)cc(C(=O)NCc2c(N(C)C)[nH]c(C)cc2=O)c1C. The predicted molar refractivity (Wildman–Crippen MR) is 108 cm³/mol. The van der Waals surface area contributed by atoms with Crippen LogP contribution in [0.1, 0.15) is 34.1 Å². The highest BCUT2D eigenvalue weighted by atomic mass is 35.5. The number of carbonyl (C=O) groups excluding carboxylic acids is 1. The van der Waals surface area contributed by atoms with Crippen molar-refractivity contribution in [3.63, 3.8) is 0 Å². The van der Waals surface area contributed by atoms with E-state index >= 15 is 0 Å². The van der Waals surface area contributed by atoms with Crippen LogP contribution >= 0.6 is 11.6 Å². The number of aromatic amines is 1. The van der Waals surface area contributed by atoms with Gasteiger partial charge in [0.15, 0.2) is 5.43 Å². The van der Waals surface area contributed by atoms with Crippen LogP contribution in [0.3, 0.4) is 0 Å². The third-order valence-electron chi connectivity index (χ3n) is 4.10. The molecule has 0 radical (unpaired) electrons. The van der Waals surface area contributed by atoms with E-state index in [9.17, 15) is 9.59 Å². The topological polar surface area (TPSA) is 77.2 Å². The van der Waals surface area contributed by atoms with Crippen LogP contribution in [0.2, 0.25) is 5.02 Å². The molecule has 0 bridgehead atoms. The van der Waals surface area contributed by atoms with Crippen molar-refractivity contribution in [2.45, 2.75) is 27.3 Å². The minimum atomic E-state index is -0.270. The summed E-state index contributed by atoms with van der Waals surface area (Å²) in [7, 11) is 3.69. The molecule has 0 aliphatic carbocycles. The summed E-state index contributed by atoms with van der Waals surface area (Å²) in [5, 5.41) is 6.52. The molecule has 0 saturated carbocycles. The highest BCUT2D eigenvalue weighted by Crippen LogP contribution is 2.25. The average molecular weight is 377 g/mol. The summed E-state index contributed by atoms with van der Waals surface area (Å²) in [5.41, 5.74) is 3.31. The van der Waals surface area contributed by atoms with E-state index in [0.29, 0.717) is 22.0 Å². The second-order valence-corrected chi connectivity index (χ2v) is 6.81. The van der Waals surface area contributed by atoms with Crippen molar-refractivity contribution >= 4 is 29.0 Å². The average Bonchev–Trinajstić information content (AvgIpc) is 2.56. The van der Waals surface area contributed by atoms with E-state index in [4.69, 9.17) is 11.6 Å². The van der Waals surface area contributed by atoms with Gasteiger partial charge in [-0.05, 0) is 38.5 Å². The lowest BCUT2D eigenvalue weighted by atomic mass is 10.1. The molecule has 26 heavy (non-hydrogen) atoms. The molecule has 3 N–H and O–H groups in total. The maximum atomic E-state index is 12.7. The molecular formula is C19H25ClN4O2. The largest absolute Gasteiger partial charge is 0.385 e. The molecule has 1 aromatic carbocycles. The highest BCUT2D eigenvalue weighted by Gasteiger charge is 2.16. The van der Waals surface area contributed by atoms with Crippen LogP contribution in [0.15, 0.2) is 23.0 Å². The molecule has 0 atom stereocenters. The Kier molecular flexibility index (Phi) is 6.32. The van der Waals surface area contributed by atoms with Crippen molar-refractivity contribution in [1.29, 1.82) is 0 Å². The Balaban J connectivity index is 2.29. The number of rotatable bonds is 6. The number of halogens is 1. The Morgan fingerprint density at radius 1 is 1.23 bits per heavy atom. The fourth-order valence-electron chi connectivity index (χ4n) is 2.80. The molecule has 0 fully saturated rings. The Hall–Kier alpha value is -2.47. The summed E-state index contributed by atoms with van der Waals surface area (Å²) >= 11 is 6.15. The molecule has 0 unspecified atom stereocenters. The molecule has 0 aliphatic rings. The van der Waals surface area contributed by atoms with Gasteiger partial charge in [0, 0.05) is 48.7 Å². The number of amides is 1.